The molecule has 1 aromatic heterocycles. The molecule has 1 aromatic carbocycles. The van der Waals surface area contributed by atoms with Crippen LogP contribution in [0.2, 0.25) is 0 Å². The monoisotopic (exact) mass is 229 g/mol. The fourth-order valence-electron chi connectivity index (χ4n) is 1.53. The number of fused-ring (bicyclic) bond motifs is 1. The Kier molecular flexibility index (Phi) is 2.15. The highest BCUT2D eigenvalue weighted by Gasteiger charge is 2.33. The predicted octanol–water partition coefficient (Wildman–Crippen LogP) is 2.88. The quantitative estimate of drug-likeness (QED) is 0.789. The van der Waals surface area contributed by atoms with Gasteiger partial charge in [-0.1, -0.05) is 0 Å². The Bertz CT molecular complexity index is 557. The van der Waals surface area contributed by atoms with Crippen molar-refractivity contribution in [3.63, 3.8) is 0 Å². The molecule has 0 bridgehead atoms. The lowest BCUT2D eigenvalue weighted by Gasteiger charge is -2.09. The number of aromatic amines is 1. The molecule has 16 heavy (non-hydrogen) atoms. The van der Waals surface area contributed by atoms with Crippen molar-refractivity contribution in [2.45, 2.75) is 6.18 Å². The van der Waals surface area contributed by atoms with Crippen LogP contribution >= 0.6 is 0 Å². The fraction of sp³-hybridized carbons (Fsp3) is 0.100. The van der Waals surface area contributed by atoms with Crippen molar-refractivity contribution in [1.29, 1.82) is 0 Å². The van der Waals surface area contributed by atoms with E-state index in [4.69, 9.17) is 5.11 Å². The van der Waals surface area contributed by atoms with Gasteiger partial charge in [0.2, 0.25) is 0 Å². The lowest BCUT2D eigenvalue weighted by molar-refractivity contribution is -0.136. The molecule has 0 unspecified atom stereocenters. The van der Waals surface area contributed by atoms with E-state index in [1.807, 2.05) is 0 Å². The second-order valence-electron chi connectivity index (χ2n) is 3.27. The van der Waals surface area contributed by atoms with Crippen LogP contribution in [0.3, 0.4) is 0 Å². The molecule has 2 aromatic rings. The maximum absolute atomic E-state index is 12.6. The van der Waals surface area contributed by atoms with Gasteiger partial charge in [0.25, 0.3) is 0 Å². The molecule has 0 radical (unpaired) electrons. The van der Waals surface area contributed by atoms with E-state index in [0.29, 0.717) is 6.07 Å². The molecule has 0 saturated heterocycles. The molecule has 2 rings (SSSR count). The smallest absolute Gasteiger partial charge is 0.417 e. The summed E-state index contributed by atoms with van der Waals surface area (Å²) in [6, 6.07) is 3.08. The Balaban J connectivity index is 2.79. The molecule has 3 nitrogen and oxygen atoms in total. The first-order valence-corrected chi connectivity index (χ1v) is 4.31. The highest BCUT2D eigenvalue weighted by atomic mass is 19.4. The average Bonchev–Trinajstić information content (AvgIpc) is 2.61. The Labute approximate surface area is 87.5 Å². The van der Waals surface area contributed by atoms with E-state index >= 15 is 0 Å². The number of alkyl halides is 3. The Morgan fingerprint density at radius 3 is 2.56 bits per heavy atom. The van der Waals surface area contributed by atoms with Crippen LogP contribution in [-0.4, -0.2) is 16.1 Å². The van der Waals surface area contributed by atoms with E-state index < -0.39 is 17.7 Å². The van der Waals surface area contributed by atoms with Gasteiger partial charge in [-0.15, -0.1) is 0 Å². The van der Waals surface area contributed by atoms with Crippen LogP contribution < -0.4 is 0 Å². The summed E-state index contributed by atoms with van der Waals surface area (Å²) in [4.78, 5) is 13.2. The van der Waals surface area contributed by atoms with Crippen LogP contribution in [0, 0.1) is 0 Å². The average molecular weight is 229 g/mol. The lowest BCUT2D eigenvalue weighted by atomic mass is 10.1. The minimum absolute atomic E-state index is 0.0301. The third-order valence-corrected chi connectivity index (χ3v) is 2.22. The summed E-state index contributed by atoms with van der Waals surface area (Å²) >= 11 is 0. The molecular weight excluding hydrogens is 223 g/mol. The minimum atomic E-state index is -4.56. The fourth-order valence-corrected chi connectivity index (χ4v) is 1.53. The van der Waals surface area contributed by atoms with Crippen molar-refractivity contribution in [2.75, 3.05) is 0 Å². The summed E-state index contributed by atoms with van der Waals surface area (Å²) in [5.41, 5.74) is -1.17. The lowest BCUT2D eigenvalue weighted by Crippen LogP contribution is -2.08. The van der Waals surface area contributed by atoms with E-state index in [0.717, 1.165) is 0 Å². The van der Waals surface area contributed by atoms with Gasteiger partial charge in [0.1, 0.15) is 0 Å². The number of aromatic carboxylic acids is 1. The molecule has 1 heterocycles. The summed E-state index contributed by atoms with van der Waals surface area (Å²) in [5.74, 6) is -1.39. The molecule has 0 aliphatic carbocycles. The van der Waals surface area contributed by atoms with Crippen LogP contribution in [0.1, 0.15) is 15.9 Å². The maximum Gasteiger partial charge on any atom is 0.417 e. The van der Waals surface area contributed by atoms with E-state index in [1.54, 1.807) is 0 Å². The number of aromatic nitrogens is 1. The zero-order chi connectivity index (χ0) is 11.9. The molecule has 0 aliphatic heterocycles. The number of carboxylic acids is 1. The minimum Gasteiger partial charge on any atom is -0.478 e. The van der Waals surface area contributed by atoms with Crippen molar-refractivity contribution in [3.8, 4) is 0 Å². The largest absolute Gasteiger partial charge is 0.478 e. The van der Waals surface area contributed by atoms with Gasteiger partial charge in [-0.05, 0) is 18.2 Å². The number of carboxylic acid groups (broad SMARTS) is 1. The molecular formula is C10H6F3NO2. The predicted molar refractivity (Wildman–Crippen MR) is 50.3 cm³/mol. The van der Waals surface area contributed by atoms with Gasteiger partial charge >= 0.3 is 12.1 Å². The summed E-state index contributed by atoms with van der Waals surface area (Å²) in [7, 11) is 0. The van der Waals surface area contributed by atoms with Crippen molar-refractivity contribution in [3.05, 3.63) is 35.5 Å². The van der Waals surface area contributed by atoms with Crippen molar-refractivity contribution in [1.82, 2.24) is 4.98 Å². The number of hydrogen-bond acceptors (Lipinski definition) is 1. The van der Waals surface area contributed by atoms with Gasteiger partial charge in [0.05, 0.1) is 11.1 Å². The highest BCUT2D eigenvalue weighted by molar-refractivity contribution is 5.95. The molecule has 0 spiro atoms. The standard InChI is InChI=1S/C10H6F3NO2/c11-10(12,13)7-3-5(9(15)16)4-8-6(7)1-2-14-8/h1-4,14H,(H,15,16). The normalized spacial score (nSPS) is 11.9. The summed E-state index contributed by atoms with van der Waals surface area (Å²) in [5, 5.41) is 8.66. The first kappa shape index (κ1) is 10.5. The van der Waals surface area contributed by atoms with Crippen molar-refractivity contribution in [2.24, 2.45) is 0 Å². The zero-order valence-corrected chi connectivity index (χ0v) is 7.80. The second kappa shape index (κ2) is 3.26. The van der Waals surface area contributed by atoms with Crippen LogP contribution in [0.5, 0.6) is 0 Å². The summed E-state index contributed by atoms with van der Waals surface area (Å²) < 4.78 is 37.9. The molecule has 84 valence electrons. The van der Waals surface area contributed by atoms with Gasteiger partial charge < -0.3 is 10.1 Å². The first-order valence-electron chi connectivity index (χ1n) is 4.31. The van der Waals surface area contributed by atoms with Crippen molar-refractivity contribution < 1.29 is 23.1 Å². The van der Waals surface area contributed by atoms with Gasteiger partial charge in [-0.25, -0.2) is 4.79 Å². The number of nitrogens with one attached hydrogen (secondary N) is 1. The molecule has 0 fully saturated rings. The van der Waals surface area contributed by atoms with E-state index in [9.17, 15) is 18.0 Å². The van der Waals surface area contributed by atoms with E-state index in [-0.39, 0.29) is 16.5 Å². The number of hydrogen-bond donors (Lipinski definition) is 2. The Morgan fingerprint density at radius 2 is 2.00 bits per heavy atom. The molecule has 6 heteroatoms. The molecule has 0 atom stereocenters. The summed E-state index contributed by atoms with van der Waals surface area (Å²) in [6.45, 7) is 0. The van der Waals surface area contributed by atoms with Gasteiger partial charge in [-0.3, -0.25) is 0 Å². The van der Waals surface area contributed by atoms with E-state index in [1.165, 1.54) is 18.3 Å². The summed E-state index contributed by atoms with van der Waals surface area (Å²) in [6.07, 6.45) is -3.22. The third kappa shape index (κ3) is 1.62. The topological polar surface area (TPSA) is 53.1 Å². The van der Waals surface area contributed by atoms with Gasteiger partial charge in [0.15, 0.2) is 0 Å². The number of benzene rings is 1. The van der Waals surface area contributed by atoms with Crippen LogP contribution in [-0.2, 0) is 6.18 Å². The molecule has 0 amide bonds. The molecule has 2 N–H and O–H groups in total. The van der Waals surface area contributed by atoms with Crippen LogP contribution in [0.25, 0.3) is 10.9 Å². The number of halogens is 3. The number of carbonyl (C=O) groups is 1. The number of rotatable bonds is 1. The first-order chi connectivity index (χ1) is 7.39. The number of H-pyrrole nitrogens is 1. The second-order valence-corrected chi connectivity index (χ2v) is 3.27. The van der Waals surface area contributed by atoms with Crippen molar-refractivity contribution >= 4 is 16.9 Å². The van der Waals surface area contributed by atoms with E-state index in [2.05, 4.69) is 4.98 Å². The van der Waals surface area contributed by atoms with Crippen LogP contribution in [0.15, 0.2) is 24.4 Å². The van der Waals surface area contributed by atoms with Crippen LogP contribution in [0.4, 0.5) is 13.2 Å². The zero-order valence-electron chi connectivity index (χ0n) is 7.80. The Hall–Kier alpha value is -1.98. The molecule has 0 saturated carbocycles. The molecule has 0 aliphatic rings. The third-order valence-electron chi connectivity index (χ3n) is 2.22. The van der Waals surface area contributed by atoms with Gasteiger partial charge in [-0.2, -0.15) is 13.2 Å². The SMILES string of the molecule is O=C(O)c1cc(C(F)(F)F)c2cc[nH]c2c1. The maximum atomic E-state index is 12.6. The van der Waals surface area contributed by atoms with Gasteiger partial charge in [0, 0.05) is 17.1 Å². The Morgan fingerprint density at radius 1 is 1.31 bits per heavy atom. The highest BCUT2D eigenvalue weighted by Crippen LogP contribution is 2.35.